The van der Waals surface area contributed by atoms with Crippen LogP contribution in [0.2, 0.25) is 0 Å². The summed E-state index contributed by atoms with van der Waals surface area (Å²) in [5, 5.41) is 2.75. The molecule has 1 heterocycles. The Morgan fingerprint density at radius 2 is 2.11 bits per heavy atom. The Bertz CT molecular complexity index is 577. The molecule has 1 aromatic heterocycles. The fourth-order valence-electron chi connectivity index (χ4n) is 1.76. The average Bonchev–Trinajstić information content (AvgIpc) is 2.69. The zero-order valence-corrected chi connectivity index (χ0v) is 11.2. The highest BCUT2D eigenvalue weighted by atomic mass is 32.1. The summed E-state index contributed by atoms with van der Waals surface area (Å²) in [6.07, 6.45) is 0.594. The zero-order valence-electron chi connectivity index (χ0n) is 10.4. The zero-order chi connectivity index (χ0) is 13.1. The van der Waals surface area contributed by atoms with Gasteiger partial charge in [0.1, 0.15) is 16.6 Å². The van der Waals surface area contributed by atoms with Gasteiger partial charge in [0.15, 0.2) is 0 Å². The molecule has 0 radical (unpaired) electrons. The van der Waals surface area contributed by atoms with E-state index in [2.05, 4.69) is 4.98 Å². The first-order valence-corrected chi connectivity index (χ1v) is 6.60. The van der Waals surface area contributed by atoms with Gasteiger partial charge < -0.3 is 0 Å². The number of hydrogen-bond acceptors (Lipinski definition) is 3. The number of benzene rings is 1. The van der Waals surface area contributed by atoms with Crippen molar-refractivity contribution in [3.63, 3.8) is 0 Å². The molecule has 0 saturated carbocycles. The highest BCUT2D eigenvalue weighted by molar-refractivity contribution is 7.09. The Labute approximate surface area is 110 Å². The minimum atomic E-state index is -0.298. The second-order valence-corrected chi connectivity index (χ2v) is 5.29. The van der Waals surface area contributed by atoms with E-state index in [0.717, 1.165) is 21.8 Å². The van der Waals surface area contributed by atoms with Gasteiger partial charge in [0.05, 0.1) is 6.42 Å². The highest BCUT2D eigenvalue weighted by Crippen LogP contribution is 2.14. The van der Waals surface area contributed by atoms with Crippen LogP contribution in [-0.4, -0.2) is 10.8 Å². The van der Waals surface area contributed by atoms with Gasteiger partial charge in [-0.25, -0.2) is 9.37 Å². The van der Waals surface area contributed by atoms with E-state index in [1.807, 2.05) is 19.2 Å². The summed E-state index contributed by atoms with van der Waals surface area (Å²) in [6, 6.07) is 4.54. The Hall–Kier alpha value is -1.55. The Kier molecular flexibility index (Phi) is 3.87. The lowest BCUT2D eigenvalue weighted by Gasteiger charge is -2.04. The number of carbonyl (C=O) groups is 1. The summed E-state index contributed by atoms with van der Waals surface area (Å²) in [4.78, 5) is 16.2. The van der Waals surface area contributed by atoms with Gasteiger partial charge in [-0.15, -0.1) is 11.3 Å². The third-order valence-electron chi connectivity index (χ3n) is 2.71. The molecule has 0 spiro atoms. The summed E-state index contributed by atoms with van der Waals surface area (Å²) in [7, 11) is 0. The molecule has 1 aromatic carbocycles. The van der Waals surface area contributed by atoms with E-state index in [0.29, 0.717) is 6.42 Å². The van der Waals surface area contributed by atoms with Crippen LogP contribution in [0.1, 0.15) is 21.8 Å². The van der Waals surface area contributed by atoms with Crippen molar-refractivity contribution in [2.24, 2.45) is 0 Å². The number of Topliss-reactive ketones (excluding diaryl/α,β-unsaturated/α-hetero) is 1. The number of nitrogens with zero attached hydrogens (tertiary/aromatic N) is 1. The van der Waals surface area contributed by atoms with E-state index in [1.54, 1.807) is 6.07 Å². The first-order chi connectivity index (χ1) is 8.54. The summed E-state index contributed by atoms with van der Waals surface area (Å²) in [5.41, 5.74) is 2.64. The largest absolute Gasteiger partial charge is 0.299 e. The van der Waals surface area contributed by atoms with Crippen molar-refractivity contribution in [1.29, 1.82) is 0 Å². The molecule has 4 heteroatoms. The van der Waals surface area contributed by atoms with E-state index in [-0.39, 0.29) is 18.0 Å². The lowest BCUT2D eigenvalue weighted by molar-refractivity contribution is -0.117. The van der Waals surface area contributed by atoms with E-state index >= 15 is 0 Å². The van der Waals surface area contributed by atoms with Crippen molar-refractivity contribution in [3.05, 3.63) is 51.2 Å². The molecule has 0 N–H and O–H groups in total. The number of thiazole rings is 1. The predicted octanol–water partition coefficient (Wildman–Crippen LogP) is 3.25. The summed E-state index contributed by atoms with van der Waals surface area (Å²) in [6.45, 7) is 3.79. The molecule has 0 aliphatic carbocycles. The monoisotopic (exact) mass is 263 g/mol. The van der Waals surface area contributed by atoms with Crippen molar-refractivity contribution in [2.45, 2.75) is 26.7 Å². The van der Waals surface area contributed by atoms with Crippen LogP contribution in [0.5, 0.6) is 0 Å². The normalized spacial score (nSPS) is 10.6. The Balaban J connectivity index is 2.05. The molecule has 0 fully saturated rings. The smallest absolute Gasteiger partial charge is 0.144 e. The van der Waals surface area contributed by atoms with Gasteiger partial charge in [-0.2, -0.15) is 0 Å². The van der Waals surface area contributed by atoms with Crippen LogP contribution in [-0.2, 0) is 17.6 Å². The molecule has 0 amide bonds. The van der Waals surface area contributed by atoms with Crippen molar-refractivity contribution in [3.8, 4) is 0 Å². The van der Waals surface area contributed by atoms with Crippen LogP contribution in [0.25, 0.3) is 0 Å². The molecule has 0 aliphatic rings. The maximum absolute atomic E-state index is 13.1. The van der Waals surface area contributed by atoms with Gasteiger partial charge in [-0.3, -0.25) is 4.79 Å². The van der Waals surface area contributed by atoms with Gasteiger partial charge in [0.25, 0.3) is 0 Å². The van der Waals surface area contributed by atoms with Gasteiger partial charge >= 0.3 is 0 Å². The number of rotatable bonds is 4. The van der Waals surface area contributed by atoms with Gasteiger partial charge in [-0.1, -0.05) is 6.07 Å². The summed E-state index contributed by atoms with van der Waals surface area (Å²) >= 11 is 1.49. The maximum atomic E-state index is 13.1. The topological polar surface area (TPSA) is 30.0 Å². The first-order valence-electron chi connectivity index (χ1n) is 5.72. The molecule has 2 rings (SSSR count). The van der Waals surface area contributed by atoms with Crippen LogP contribution >= 0.6 is 11.3 Å². The molecule has 0 aliphatic heterocycles. The number of carbonyl (C=O) groups excluding carboxylic acids is 1. The van der Waals surface area contributed by atoms with Crippen LogP contribution in [0, 0.1) is 19.7 Å². The lowest BCUT2D eigenvalue weighted by atomic mass is 10.0. The number of aromatic nitrogens is 1. The van der Waals surface area contributed by atoms with Crippen molar-refractivity contribution in [2.75, 3.05) is 0 Å². The molecule has 2 aromatic rings. The highest BCUT2D eigenvalue weighted by Gasteiger charge is 2.10. The third-order valence-corrected chi connectivity index (χ3v) is 3.68. The molecule has 0 unspecified atom stereocenters. The molecular weight excluding hydrogens is 249 g/mol. The second-order valence-electron chi connectivity index (χ2n) is 4.35. The Morgan fingerprint density at radius 3 is 2.78 bits per heavy atom. The van der Waals surface area contributed by atoms with E-state index in [9.17, 15) is 9.18 Å². The standard InChI is InChI=1S/C14H14FNOS/c1-9-3-4-12(15)5-11(9)6-13(17)7-14-16-10(2)8-18-14/h3-5,8H,6-7H2,1-2H3. The van der Waals surface area contributed by atoms with Crippen molar-refractivity contribution < 1.29 is 9.18 Å². The van der Waals surface area contributed by atoms with Crippen LogP contribution in [0.15, 0.2) is 23.6 Å². The summed E-state index contributed by atoms with van der Waals surface area (Å²) in [5.74, 6) is -0.230. The SMILES string of the molecule is Cc1csc(CC(=O)Cc2cc(F)ccc2C)n1. The molecule has 0 atom stereocenters. The Morgan fingerprint density at radius 1 is 1.33 bits per heavy atom. The van der Waals surface area contributed by atoms with Gasteiger partial charge in [-0.05, 0) is 37.1 Å². The molecule has 0 bridgehead atoms. The number of halogens is 1. The minimum Gasteiger partial charge on any atom is -0.299 e. The third kappa shape index (κ3) is 3.23. The van der Waals surface area contributed by atoms with Crippen molar-refractivity contribution in [1.82, 2.24) is 4.98 Å². The van der Waals surface area contributed by atoms with Gasteiger partial charge in [0.2, 0.25) is 0 Å². The lowest BCUT2D eigenvalue weighted by Crippen LogP contribution is -2.07. The fourth-order valence-corrected chi connectivity index (χ4v) is 2.56. The van der Waals surface area contributed by atoms with E-state index in [4.69, 9.17) is 0 Å². The number of ketones is 1. The van der Waals surface area contributed by atoms with E-state index in [1.165, 1.54) is 23.5 Å². The average molecular weight is 263 g/mol. The molecule has 0 saturated heterocycles. The fraction of sp³-hybridized carbons (Fsp3) is 0.286. The van der Waals surface area contributed by atoms with Crippen LogP contribution < -0.4 is 0 Å². The molecule has 18 heavy (non-hydrogen) atoms. The van der Waals surface area contributed by atoms with E-state index < -0.39 is 0 Å². The molecule has 94 valence electrons. The quantitative estimate of drug-likeness (QED) is 0.847. The number of aryl methyl sites for hydroxylation is 2. The van der Waals surface area contributed by atoms with Crippen LogP contribution in [0.4, 0.5) is 4.39 Å². The van der Waals surface area contributed by atoms with Crippen molar-refractivity contribution >= 4 is 17.1 Å². The minimum absolute atomic E-state index is 0.0676. The number of hydrogen-bond donors (Lipinski definition) is 0. The predicted molar refractivity (Wildman–Crippen MR) is 70.4 cm³/mol. The van der Waals surface area contributed by atoms with Crippen LogP contribution in [0.3, 0.4) is 0 Å². The molecular formula is C14H14FNOS. The maximum Gasteiger partial charge on any atom is 0.144 e. The first kappa shape index (κ1) is 12.9. The second kappa shape index (κ2) is 5.40. The summed E-state index contributed by atoms with van der Waals surface area (Å²) < 4.78 is 13.1. The van der Waals surface area contributed by atoms with Gasteiger partial charge in [0, 0.05) is 17.5 Å². The molecule has 2 nitrogen and oxygen atoms in total.